The average Bonchev–Trinajstić information content (AvgIpc) is 3.12. The Kier molecular flexibility index (Phi) is 5.64. The molecular formula is C18H16N4OS2. The second-order valence-corrected chi connectivity index (χ2v) is 7.55. The Bertz CT molecular complexity index is 904. The highest BCUT2D eigenvalue weighted by Crippen LogP contribution is 2.32. The maximum atomic E-state index is 13.0. The van der Waals surface area contributed by atoms with Gasteiger partial charge in [0.1, 0.15) is 11.4 Å². The van der Waals surface area contributed by atoms with Crippen LogP contribution in [0.25, 0.3) is 10.2 Å². The molecule has 126 valence electrons. The lowest BCUT2D eigenvalue weighted by Gasteiger charge is -2.24. The molecule has 0 N–H and O–H groups in total. The fraction of sp³-hybridized carbons (Fsp3) is 0.222. The van der Waals surface area contributed by atoms with E-state index in [4.69, 9.17) is 5.26 Å². The number of hydrogen-bond donors (Lipinski definition) is 0. The lowest BCUT2D eigenvalue weighted by atomic mass is 10.2. The zero-order valence-corrected chi connectivity index (χ0v) is 15.3. The van der Waals surface area contributed by atoms with Crippen LogP contribution in [0.5, 0.6) is 0 Å². The molecule has 7 heteroatoms. The molecule has 25 heavy (non-hydrogen) atoms. The van der Waals surface area contributed by atoms with Gasteiger partial charge in [-0.15, -0.1) is 11.3 Å². The first-order chi connectivity index (χ1) is 12.2. The molecule has 2 aromatic heterocycles. The molecule has 2 heterocycles. The van der Waals surface area contributed by atoms with E-state index in [2.05, 4.69) is 16.0 Å². The number of rotatable bonds is 6. The topological polar surface area (TPSA) is 69.9 Å². The number of nitriles is 1. The smallest absolute Gasteiger partial charge is 0.240 e. The molecule has 1 amide bonds. The number of benzene rings is 1. The van der Waals surface area contributed by atoms with E-state index in [0.717, 1.165) is 20.9 Å². The van der Waals surface area contributed by atoms with Crippen molar-refractivity contribution in [2.45, 2.75) is 23.6 Å². The van der Waals surface area contributed by atoms with Crippen LogP contribution in [0.1, 0.15) is 13.3 Å². The minimum Gasteiger partial charge on any atom is -0.310 e. The van der Waals surface area contributed by atoms with E-state index in [9.17, 15) is 4.79 Å². The van der Waals surface area contributed by atoms with Crippen LogP contribution >= 0.6 is 23.1 Å². The van der Waals surface area contributed by atoms with E-state index < -0.39 is 0 Å². The van der Waals surface area contributed by atoms with Gasteiger partial charge in [-0.3, -0.25) is 4.79 Å². The first kappa shape index (κ1) is 17.4. The van der Waals surface area contributed by atoms with Crippen LogP contribution in [0, 0.1) is 11.3 Å². The van der Waals surface area contributed by atoms with Crippen LogP contribution in [0.2, 0.25) is 0 Å². The minimum atomic E-state index is -0.320. The van der Waals surface area contributed by atoms with E-state index in [1.807, 2.05) is 48.7 Å². The van der Waals surface area contributed by atoms with E-state index in [1.165, 1.54) is 18.1 Å². The van der Waals surface area contributed by atoms with Crippen molar-refractivity contribution in [2.75, 3.05) is 11.4 Å². The van der Waals surface area contributed by atoms with Gasteiger partial charge in [-0.05, 0) is 30.5 Å². The molecule has 0 unspecified atom stereocenters. The second-order valence-electron chi connectivity index (χ2n) is 5.31. The average molecular weight is 368 g/mol. The molecule has 0 radical (unpaired) electrons. The monoisotopic (exact) mass is 368 g/mol. The first-order valence-corrected chi connectivity index (χ1v) is 9.55. The van der Waals surface area contributed by atoms with Gasteiger partial charge in [0.05, 0.1) is 28.0 Å². The van der Waals surface area contributed by atoms with Crippen LogP contribution in [0.3, 0.4) is 0 Å². The van der Waals surface area contributed by atoms with Crippen LogP contribution in [0.4, 0.5) is 5.69 Å². The van der Waals surface area contributed by atoms with Crippen molar-refractivity contribution in [1.29, 1.82) is 5.26 Å². The number of nitrogens with zero attached hydrogens (tertiary/aromatic N) is 4. The van der Waals surface area contributed by atoms with Gasteiger partial charge in [0.25, 0.3) is 0 Å². The SMILES string of the molecule is C[C@H](Sc1ncnc2ccsc12)C(=O)N(CCC#N)c1ccccc1. The fourth-order valence-corrected chi connectivity index (χ4v) is 4.32. The van der Waals surface area contributed by atoms with E-state index in [-0.39, 0.29) is 11.2 Å². The Labute approximate surface area is 154 Å². The number of para-hydroxylation sites is 1. The minimum absolute atomic E-state index is 0.0326. The predicted molar refractivity (Wildman–Crippen MR) is 102 cm³/mol. The zero-order valence-electron chi connectivity index (χ0n) is 13.6. The van der Waals surface area contributed by atoms with Crippen molar-refractivity contribution < 1.29 is 4.79 Å². The molecule has 0 saturated carbocycles. The molecule has 5 nitrogen and oxygen atoms in total. The Morgan fingerprint density at radius 1 is 1.32 bits per heavy atom. The summed E-state index contributed by atoms with van der Waals surface area (Å²) in [4.78, 5) is 23.2. The van der Waals surface area contributed by atoms with Gasteiger partial charge < -0.3 is 4.90 Å². The number of thioether (sulfide) groups is 1. The molecule has 0 aliphatic rings. The summed E-state index contributed by atoms with van der Waals surface area (Å²) in [6.45, 7) is 2.25. The molecule has 1 aromatic carbocycles. The Hall–Kier alpha value is -2.43. The van der Waals surface area contributed by atoms with Crippen LogP contribution in [-0.4, -0.2) is 27.7 Å². The molecule has 0 spiro atoms. The van der Waals surface area contributed by atoms with Crippen molar-refractivity contribution in [1.82, 2.24) is 9.97 Å². The van der Waals surface area contributed by atoms with Gasteiger partial charge >= 0.3 is 0 Å². The van der Waals surface area contributed by atoms with Crippen molar-refractivity contribution in [3.63, 3.8) is 0 Å². The normalized spacial score (nSPS) is 11.8. The van der Waals surface area contributed by atoms with Gasteiger partial charge in [-0.2, -0.15) is 5.26 Å². The van der Waals surface area contributed by atoms with E-state index in [0.29, 0.717) is 13.0 Å². The molecule has 3 aromatic rings. The summed E-state index contributed by atoms with van der Waals surface area (Å²) < 4.78 is 0.996. The molecule has 0 bridgehead atoms. The lowest BCUT2D eigenvalue weighted by Crippen LogP contribution is -2.37. The van der Waals surface area contributed by atoms with Crippen molar-refractivity contribution in [3.8, 4) is 6.07 Å². The molecule has 0 aliphatic heterocycles. The predicted octanol–water partition coefficient (Wildman–Crippen LogP) is 4.12. The number of carbonyl (C=O) groups is 1. The number of carbonyl (C=O) groups excluding carboxylic acids is 1. The summed E-state index contributed by atoms with van der Waals surface area (Å²) in [6.07, 6.45) is 1.82. The first-order valence-electron chi connectivity index (χ1n) is 7.79. The van der Waals surface area contributed by atoms with Crippen LogP contribution in [0.15, 0.2) is 53.1 Å². The summed E-state index contributed by atoms with van der Waals surface area (Å²) >= 11 is 3.00. The molecule has 1 atom stereocenters. The molecular weight excluding hydrogens is 352 g/mol. The molecule has 0 fully saturated rings. The van der Waals surface area contributed by atoms with Crippen LogP contribution in [-0.2, 0) is 4.79 Å². The third kappa shape index (κ3) is 3.98. The molecule has 3 rings (SSSR count). The molecule has 0 saturated heterocycles. The number of anilines is 1. The van der Waals surface area contributed by atoms with Crippen molar-refractivity contribution in [2.24, 2.45) is 0 Å². The fourth-order valence-electron chi connectivity index (χ4n) is 2.42. The highest BCUT2D eigenvalue weighted by Gasteiger charge is 2.24. The van der Waals surface area contributed by atoms with Gasteiger partial charge in [-0.1, -0.05) is 30.0 Å². The summed E-state index contributed by atoms with van der Waals surface area (Å²) in [6, 6.07) is 13.5. The number of fused-ring (bicyclic) bond motifs is 1. The van der Waals surface area contributed by atoms with Crippen molar-refractivity contribution >= 4 is 44.9 Å². The maximum Gasteiger partial charge on any atom is 0.240 e. The van der Waals surface area contributed by atoms with Gasteiger partial charge in [0.15, 0.2) is 0 Å². The quantitative estimate of drug-likeness (QED) is 0.483. The second kappa shape index (κ2) is 8.10. The van der Waals surface area contributed by atoms with E-state index in [1.54, 1.807) is 16.2 Å². The molecule has 0 aliphatic carbocycles. The zero-order chi connectivity index (χ0) is 17.6. The number of hydrogen-bond acceptors (Lipinski definition) is 6. The van der Waals surface area contributed by atoms with Gasteiger partial charge in [0, 0.05) is 12.2 Å². The van der Waals surface area contributed by atoms with Crippen LogP contribution < -0.4 is 4.90 Å². The Balaban J connectivity index is 1.81. The summed E-state index contributed by atoms with van der Waals surface area (Å²) in [5.41, 5.74) is 1.70. The van der Waals surface area contributed by atoms with Gasteiger partial charge in [-0.25, -0.2) is 9.97 Å². The summed E-state index contributed by atoms with van der Waals surface area (Å²) in [5.74, 6) is -0.0326. The summed E-state index contributed by atoms with van der Waals surface area (Å²) in [5, 5.41) is 11.4. The third-order valence-electron chi connectivity index (χ3n) is 3.63. The highest BCUT2D eigenvalue weighted by molar-refractivity contribution is 8.00. The lowest BCUT2D eigenvalue weighted by molar-refractivity contribution is -0.117. The largest absolute Gasteiger partial charge is 0.310 e. The number of thiophene rings is 1. The number of aromatic nitrogens is 2. The summed E-state index contributed by atoms with van der Waals surface area (Å²) in [7, 11) is 0. The highest BCUT2D eigenvalue weighted by atomic mass is 32.2. The Morgan fingerprint density at radius 2 is 2.12 bits per heavy atom. The Morgan fingerprint density at radius 3 is 2.88 bits per heavy atom. The maximum absolute atomic E-state index is 13.0. The third-order valence-corrected chi connectivity index (χ3v) is 5.76. The number of amides is 1. The van der Waals surface area contributed by atoms with E-state index >= 15 is 0 Å². The van der Waals surface area contributed by atoms with Crippen molar-refractivity contribution in [3.05, 3.63) is 48.1 Å². The standard InChI is InChI=1S/C18H16N4OS2/c1-13(25-17-16-15(8-11-24-16)20-12-21-17)18(23)22(10-5-9-19)14-6-3-2-4-7-14/h2-4,6-8,11-13H,5,10H2,1H3/t13-/m0/s1. The van der Waals surface area contributed by atoms with Gasteiger partial charge in [0.2, 0.25) is 5.91 Å².